The second-order valence-electron chi connectivity index (χ2n) is 8.61. The Labute approximate surface area is 196 Å². The molecule has 3 nitrogen and oxygen atoms in total. The van der Waals surface area contributed by atoms with Crippen molar-refractivity contribution < 1.29 is 14.0 Å². The van der Waals surface area contributed by atoms with Crippen molar-refractivity contribution in [1.82, 2.24) is 5.32 Å². The molecule has 0 radical (unpaired) electrons. The van der Waals surface area contributed by atoms with Crippen molar-refractivity contribution in [3.05, 3.63) is 101 Å². The van der Waals surface area contributed by atoms with Gasteiger partial charge < -0.3 is 5.32 Å². The summed E-state index contributed by atoms with van der Waals surface area (Å²) in [5, 5.41) is 3.27. The van der Waals surface area contributed by atoms with Crippen LogP contribution >= 0.6 is 0 Å². The zero-order valence-electron chi connectivity index (χ0n) is 19.7. The van der Waals surface area contributed by atoms with Crippen molar-refractivity contribution in [2.75, 3.05) is 0 Å². The predicted molar refractivity (Wildman–Crippen MR) is 133 cm³/mol. The van der Waals surface area contributed by atoms with Gasteiger partial charge in [-0.2, -0.15) is 0 Å². The standard InChI is InChI=1S/C29H32FNO2/c1-5-29(30,6-2)26-16-15-24(13-10-14-25(26)23-11-8-7-9-12-23)31-19-22-17-27(32)20(3)21(4)28(33)18-22/h5,7-9,11-12,14-16,19,31H,1,6,10,13,17-18H2,2-4H3/b24-15+,25-14+,26-16+. The Morgan fingerprint density at radius 3 is 2.27 bits per heavy atom. The first kappa shape index (κ1) is 24.4. The van der Waals surface area contributed by atoms with Crippen LogP contribution < -0.4 is 5.32 Å². The van der Waals surface area contributed by atoms with Crippen LogP contribution in [0.2, 0.25) is 0 Å². The number of carbonyl (C=O) groups excluding carboxylic acids is 2. The van der Waals surface area contributed by atoms with Crippen LogP contribution in [-0.2, 0) is 9.59 Å². The van der Waals surface area contributed by atoms with Gasteiger partial charge in [-0.15, -0.1) is 0 Å². The van der Waals surface area contributed by atoms with Crippen molar-refractivity contribution in [3.63, 3.8) is 0 Å². The smallest absolute Gasteiger partial charge is 0.163 e. The van der Waals surface area contributed by atoms with Crippen LogP contribution in [0.4, 0.5) is 4.39 Å². The number of nitrogens with one attached hydrogen (secondary N) is 1. The fraction of sp³-hybridized carbons (Fsp3) is 0.310. The molecular formula is C29H32FNO2. The van der Waals surface area contributed by atoms with Gasteiger partial charge in [0.25, 0.3) is 0 Å². The van der Waals surface area contributed by atoms with Gasteiger partial charge in [0.05, 0.1) is 0 Å². The van der Waals surface area contributed by atoms with Crippen LogP contribution in [0.15, 0.2) is 95.4 Å². The molecule has 0 amide bonds. The zero-order chi connectivity index (χ0) is 24.0. The molecule has 2 aliphatic rings. The first-order valence-corrected chi connectivity index (χ1v) is 11.5. The van der Waals surface area contributed by atoms with E-state index in [2.05, 4.69) is 18.0 Å². The molecule has 0 fully saturated rings. The molecule has 0 spiro atoms. The number of benzene rings is 1. The first-order chi connectivity index (χ1) is 15.8. The highest BCUT2D eigenvalue weighted by Crippen LogP contribution is 2.38. The first-order valence-electron chi connectivity index (χ1n) is 11.5. The van der Waals surface area contributed by atoms with E-state index >= 15 is 4.39 Å². The van der Waals surface area contributed by atoms with E-state index in [4.69, 9.17) is 0 Å². The summed E-state index contributed by atoms with van der Waals surface area (Å²) < 4.78 is 15.8. The Kier molecular flexibility index (Phi) is 7.80. The van der Waals surface area contributed by atoms with E-state index in [0.717, 1.165) is 35.2 Å². The van der Waals surface area contributed by atoms with Crippen molar-refractivity contribution >= 4 is 17.1 Å². The van der Waals surface area contributed by atoms with Gasteiger partial charge in [-0.05, 0) is 67.0 Å². The van der Waals surface area contributed by atoms with Gasteiger partial charge in [0.1, 0.15) is 0 Å². The van der Waals surface area contributed by atoms with Crippen LogP contribution in [0, 0.1) is 0 Å². The Balaban J connectivity index is 1.92. The lowest BCUT2D eigenvalue weighted by Gasteiger charge is -2.27. The van der Waals surface area contributed by atoms with E-state index in [1.54, 1.807) is 20.0 Å². The van der Waals surface area contributed by atoms with Crippen LogP contribution in [0.3, 0.4) is 0 Å². The second kappa shape index (κ2) is 10.6. The van der Waals surface area contributed by atoms with Gasteiger partial charge >= 0.3 is 0 Å². The third-order valence-electron chi connectivity index (χ3n) is 6.51. The highest BCUT2D eigenvalue weighted by molar-refractivity contribution is 6.09. The Morgan fingerprint density at radius 1 is 1.06 bits per heavy atom. The maximum atomic E-state index is 15.8. The van der Waals surface area contributed by atoms with Gasteiger partial charge in [-0.25, -0.2) is 4.39 Å². The number of rotatable bonds is 6. The van der Waals surface area contributed by atoms with E-state index in [1.807, 2.05) is 49.4 Å². The maximum absolute atomic E-state index is 15.8. The minimum absolute atomic E-state index is 0.0215. The monoisotopic (exact) mass is 445 g/mol. The molecule has 0 bridgehead atoms. The number of carbonyl (C=O) groups is 2. The maximum Gasteiger partial charge on any atom is 0.163 e. The molecule has 1 unspecified atom stereocenters. The van der Waals surface area contributed by atoms with Gasteiger partial charge in [-0.3, -0.25) is 9.59 Å². The van der Waals surface area contributed by atoms with Crippen LogP contribution in [0.25, 0.3) is 5.57 Å². The minimum Gasteiger partial charge on any atom is -0.365 e. The molecule has 0 aliphatic heterocycles. The lowest BCUT2D eigenvalue weighted by Crippen LogP contribution is -2.23. The third kappa shape index (κ3) is 5.57. The van der Waals surface area contributed by atoms with E-state index in [1.165, 1.54) is 6.08 Å². The number of allylic oxidation sites excluding steroid dienone is 10. The summed E-state index contributed by atoms with van der Waals surface area (Å²) in [5.74, 6) is -0.0430. The van der Waals surface area contributed by atoms with Crippen molar-refractivity contribution in [2.45, 2.75) is 58.5 Å². The second-order valence-corrected chi connectivity index (χ2v) is 8.61. The normalized spacial score (nSPS) is 24.1. The zero-order valence-corrected chi connectivity index (χ0v) is 19.7. The highest BCUT2D eigenvalue weighted by atomic mass is 19.1. The quantitative estimate of drug-likeness (QED) is 0.494. The molecule has 33 heavy (non-hydrogen) atoms. The Bertz CT molecular complexity index is 1070. The number of ketones is 2. The van der Waals surface area contributed by atoms with Crippen LogP contribution in [-0.4, -0.2) is 17.2 Å². The minimum atomic E-state index is -1.65. The summed E-state index contributed by atoms with van der Waals surface area (Å²) in [4.78, 5) is 24.7. The molecule has 1 atom stereocenters. The topological polar surface area (TPSA) is 46.2 Å². The van der Waals surface area contributed by atoms with Crippen LogP contribution in [0.1, 0.15) is 58.4 Å². The van der Waals surface area contributed by atoms with Gasteiger partial charge in [0.2, 0.25) is 0 Å². The van der Waals surface area contributed by atoms with E-state index in [9.17, 15) is 9.59 Å². The molecular weight excluding hydrogens is 413 g/mol. The highest BCUT2D eigenvalue weighted by Gasteiger charge is 2.31. The largest absolute Gasteiger partial charge is 0.365 e. The lowest BCUT2D eigenvalue weighted by molar-refractivity contribution is -0.116. The number of Topliss-reactive ketones (excluding diaryl/α,β-unsaturated/α-hetero) is 2. The Hall–Kier alpha value is -3.27. The molecule has 172 valence electrons. The fourth-order valence-electron chi connectivity index (χ4n) is 4.11. The molecule has 2 aliphatic carbocycles. The molecule has 0 saturated heterocycles. The van der Waals surface area contributed by atoms with Crippen molar-refractivity contribution in [2.24, 2.45) is 0 Å². The summed E-state index contributed by atoms with van der Waals surface area (Å²) in [6, 6.07) is 9.84. The van der Waals surface area contributed by atoms with E-state index < -0.39 is 5.67 Å². The average molecular weight is 446 g/mol. The van der Waals surface area contributed by atoms with E-state index in [0.29, 0.717) is 16.7 Å². The Morgan fingerprint density at radius 2 is 1.70 bits per heavy atom. The number of hydrogen-bond donors (Lipinski definition) is 1. The van der Waals surface area contributed by atoms with Crippen molar-refractivity contribution in [3.8, 4) is 0 Å². The molecule has 3 rings (SSSR count). The molecule has 4 heteroatoms. The van der Waals surface area contributed by atoms with E-state index in [-0.39, 0.29) is 30.8 Å². The van der Waals surface area contributed by atoms with Gasteiger partial charge in [0, 0.05) is 30.3 Å². The molecule has 1 aromatic rings. The SMILES string of the molecule is C=CC(F)(CC)C1=C/C=C(/NC=C2CC(=O)C(C)=C(C)C(=O)C2)CC\C=C\1c1ccccc1. The fourth-order valence-corrected chi connectivity index (χ4v) is 4.11. The summed E-state index contributed by atoms with van der Waals surface area (Å²) in [6.45, 7) is 8.99. The summed E-state index contributed by atoms with van der Waals surface area (Å²) in [5.41, 5.74) is 3.52. The number of halogens is 1. The van der Waals surface area contributed by atoms with Crippen molar-refractivity contribution in [1.29, 1.82) is 0 Å². The summed E-state index contributed by atoms with van der Waals surface area (Å²) in [6.07, 6.45) is 11.1. The lowest BCUT2D eigenvalue weighted by atomic mass is 9.82. The molecule has 0 saturated carbocycles. The average Bonchev–Trinajstić information content (AvgIpc) is 2.90. The van der Waals surface area contributed by atoms with Crippen LogP contribution in [0.5, 0.6) is 0 Å². The molecule has 0 heterocycles. The molecule has 0 aromatic heterocycles. The van der Waals surface area contributed by atoms with Gasteiger partial charge in [-0.1, -0.05) is 62.1 Å². The summed E-state index contributed by atoms with van der Waals surface area (Å²) >= 11 is 0. The van der Waals surface area contributed by atoms with Gasteiger partial charge in [0.15, 0.2) is 17.2 Å². The predicted octanol–water partition coefficient (Wildman–Crippen LogP) is 6.72. The number of hydrogen-bond acceptors (Lipinski definition) is 3. The summed E-state index contributed by atoms with van der Waals surface area (Å²) in [7, 11) is 0. The number of alkyl halides is 1. The third-order valence-corrected chi connectivity index (χ3v) is 6.51. The molecule has 1 aromatic carbocycles. The molecule has 1 N–H and O–H groups in total.